The van der Waals surface area contributed by atoms with Crippen LogP contribution in [0, 0.1) is 0 Å². The number of aryl methyl sites for hydroxylation is 1. The van der Waals surface area contributed by atoms with E-state index in [-0.39, 0.29) is 0 Å². The van der Waals surface area contributed by atoms with Crippen molar-refractivity contribution in [2.75, 3.05) is 18.0 Å². The average Bonchev–Trinajstić information content (AvgIpc) is 2.92. The molecule has 2 aromatic rings. The molecule has 0 fully saturated rings. The third-order valence-electron chi connectivity index (χ3n) is 4.25. The number of hydrogen-bond donors (Lipinski definition) is 1. The number of nitrogens with zero attached hydrogens (tertiary/aromatic N) is 1. The SMILES string of the molecule is CC(CNCc1cccs1)N1CCCCc2ccccc21. The van der Waals surface area contributed by atoms with Crippen molar-refractivity contribution in [1.82, 2.24) is 5.32 Å². The molecule has 0 saturated carbocycles. The van der Waals surface area contributed by atoms with Crippen LogP contribution in [0.25, 0.3) is 0 Å². The first-order valence-electron chi connectivity index (χ1n) is 7.92. The molecule has 3 heteroatoms. The van der Waals surface area contributed by atoms with Gasteiger partial charge in [0.1, 0.15) is 0 Å². The first kappa shape index (κ1) is 14.6. The van der Waals surface area contributed by atoms with E-state index in [1.165, 1.54) is 41.9 Å². The zero-order chi connectivity index (χ0) is 14.5. The van der Waals surface area contributed by atoms with Crippen LogP contribution in [0.2, 0.25) is 0 Å². The highest BCUT2D eigenvalue weighted by Gasteiger charge is 2.19. The summed E-state index contributed by atoms with van der Waals surface area (Å²) >= 11 is 1.83. The van der Waals surface area contributed by atoms with Crippen LogP contribution < -0.4 is 10.2 Å². The van der Waals surface area contributed by atoms with E-state index in [4.69, 9.17) is 0 Å². The van der Waals surface area contributed by atoms with Crippen LogP contribution in [0.15, 0.2) is 41.8 Å². The van der Waals surface area contributed by atoms with Gasteiger partial charge >= 0.3 is 0 Å². The van der Waals surface area contributed by atoms with E-state index in [0.29, 0.717) is 6.04 Å². The van der Waals surface area contributed by atoms with Crippen LogP contribution in [0.3, 0.4) is 0 Å². The minimum Gasteiger partial charge on any atom is -0.367 e. The summed E-state index contributed by atoms with van der Waals surface area (Å²) in [5.74, 6) is 0. The van der Waals surface area contributed by atoms with Crippen molar-refractivity contribution in [2.45, 2.75) is 38.8 Å². The van der Waals surface area contributed by atoms with Crippen molar-refractivity contribution in [3.05, 3.63) is 52.2 Å². The van der Waals surface area contributed by atoms with Crippen LogP contribution in [0.4, 0.5) is 5.69 Å². The first-order valence-corrected chi connectivity index (χ1v) is 8.80. The van der Waals surface area contributed by atoms with Crippen molar-refractivity contribution < 1.29 is 0 Å². The van der Waals surface area contributed by atoms with Crippen molar-refractivity contribution in [1.29, 1.82) is 0 Å². The smallest absolute Gasteiger partial charge is 0.0401 e. The van der Waals surface area contributed by atoms with Gasteiger partial charge in [-0.1, -0.05) is 24.3 Å². The molecule has 0 radical (unpaired) electrons. The monoisotopic (exact) mass is 300 g/mol. The molecule has 0 aliphatic carbocycles. The molecular weight excluding hydrogens is 276 g/mol. The molecule has 3 rings (SSSR count). The average molecular weight is 300 g/mol. The lowest BCUT2D eigenvalue weighted by molar-refractivity contribution is 0.556. The van der Waals surface area contributed by atoms with Crippen molar-refractivity contribution >= 4 is 17.0 Å². The number of anilines is 1. The molecule has 1 atom stereocenters. The van der Waals surface area contributed by atoms with E-state index in [0.717, 1.165) is 13.1 Å². The van der Waals surface area contributed by atoms with E-state index in [9.17, 15) is 0 Å². The van der Waals surface area contributed by atoms with E-state index in [1.807, 2.05) is 11.3 Å². The highest BCUT2D eigenvalue weighted by Crippen LogP contribution is 2.27. The zero-order valence-electron chi connectivity index (χ0n) is 12.7. The Kier molecular flexibility index (Phi) is 4.94. The fraction of sp³-hybridized carbons (Fsp3) is 0.444. The highest BCUT2D eigenvalue weighted by atomic mass is 32.1. The predicted molar refractivity (Wildman–Crippen MR) is 92.2 cm³/mol. The molecule has 112 valence electrons. The normalized spacial score (nSPS) is 16.3. The van der Waals surface area contributed by atoms with Gasteiger partial charge in [-0.05, 0) is 49.3 Å². The van der Waals surface area contributed by atoms with Crippen molar-refractivity contribution in [3.63, 3.8) is 0 Å². The Balaban J connectivity index is 1.62. The van der Waals surface area contributed by atoms with Gasteiger partial charge in [-0.2, -0.15) is 0 Å². The summed E-state index contributed by atoms with van der Waals surface area (Å²) in [5.41, 5.74) is 2.96. The molecule has 21 heavy (non-hydrogen) atoms. The first-order chi connectivity index (χ1) is 10.3. The van der Waals surface area contributed by atoms with Gasteiger partial charge in [0.15, 0.2) is 0 Å². The summed E-state index contributed by atoms with van der Waals surface area (Å²) in [6, 6.07) is 13.8. The van der Waals surface area contributed by atoms with Gasteiger partial charge in [0.2, 0.25) is 0 Å². The minimum atomic E-state index is 0.532. The molecule has 1 N–H and O–H groups in total. The van der Waals surface area contributed by atoms with Crippen molar-refractivity contribution in [2.24, 2.45) is 0 Å². The van der Waals surface area contributed by atoms with Gasteiger partial charge in [0.25, 0.3) is 0 Å². The molecule has 0 amide bonds. The zero-order valence-corrected chi connectivity index (χ0v) is 13.5. The van der Waals surface area contributed by atoms with E-state index < -0.39 is 0 Å². The number of rotatable bonds is 5. The van der Waals surface area contributed by atoms with Crippen LogP contribution in [-0.4, -0.2) is 19.1 Å². The second kappa shape index (κ2) is 7.10. The summed E-state index contributed by atoms with van der Waals surface area (Å²) in [7, 11) is 0. The summed E-state index contributed by atoms with van der Waals surface area (Å²) in [5, 5.41) is 5.75. The predicted octanol–water partition coefficient (Wildman–Crippen LogP) is 4.07. The van der Waals surface area contributed by atoms with Crippen molar-refractivity contribution in [3.8, 4) is 0 Å². The van der Waals surface area contributed by atoms with Crippen LogP contribution in [0.5, 0.6) is 0 Å². The summed E-state index contributed by atoms with van der Waals surface area (Å²) in [4.78, 5) is 4.00. The maximum absolute atomic E-state index is 3.60. The maximum Gasteiger partial charge on any atom is 0.0401 e. The lowest BCUT2D eigenvalue weighted by atomic mass is 10.1. The van der Waals surface area contributed by atoms with Crippen LogP contribution in [-0.2, 0) is 13.0 Å². The molecule has 0 bridgehead atoms. The Morgan fingerprint density at radius 1 is 1.19 bits per heavy atom. The quantitative estimate of drug-likeness (QED) is 0.895. The van der Waals surface area contributed by atoms with Crippen LogP contribution in [0.1, 0.15) is 30.2 Å². The van der Waals surface area contributed by atoms with E-state index in [2.05, 4.69) is 58.9 Å². The van der Waals surface area contributed by atoms with Gasteiger partial charge in [0, 0.05) is 36.2 Å². The molecule has 1 aliphatic rings. The fourth-order valence-corrected chi connectivity index (χ4v) is 3.78. The highest BCUT2D eigenvalue weighted by molar-refractivity contribution is 7.09. The third-order valence-corrected chi connectivity index (χ3v) is 5.12. The number of nitrogens with one attached hydrogen (secondary N) is 1. The van der Waals surface area contributed by atoms with Gasteiger partial charge in [0.05, 0.1) is 0 Å². The Hall–Kier alpha value is -1.32. The maximum atomic E-state index is 3.60. The van der Waals surface area contributed by atoms with E-state index >= 15 is 0 Å². The minimum absolute atomic E-state index is 0.532. The summed E-state index contributed by atoms with van der Waals surface area (Å²) in [6.07, 6.45) is 3.83. The molecule has 2 nitrogen and oxygen atoms in total. The molecule has 2 heterocycles. The standard InChI is InChI=1S/C18H24N2S/c1-15(13-19-14-17-9-6-12-21-17)20-11-5-4-8-16-7-2-3-10-18(16)20/h2-3,6-7,9-10,12,15,19H,4-5,8,11,13-14H2,1H3. The molecule has 1 aliphatic heterocycles. The lowest BCUT2D eigenvalue weighted by Crippen LogP contribution is -2.40. The molecular formula is C18H24N2S. The Labute approximate surface area is 131 Å². The number of thiophene rings is 1. The molecule has 1 aromatic heterocycles. The number of benzene rings is 1. The molecule has 0 spiro atoms. The molecule has 1 aromatic carbocycles. The summed E-state index contributed by atoms with van der Waals surface area (Å²) in [6.45, 7) is 5.53. The van der Waals surface area contributed by atoms with Gasteiger partial charge in [-0.15, -0.1) is 11.3 Å². The van der Waals surface area contributed by atoms with Gasteiger partial charge in [-0.25, -0.2) is 0 Å². The molecule has 0 saturated heterocycles. The van der Waals surface area contributed by atoms with Crippen LogP contribution >= 0.6 is 11.3 Å². The Bertz CT molecular complexity index is 550. The number of hydrogen-bond acceptors (Lipinski definition) is 3. The lowest BCUT2D eigenvalue weighted by Gasteiger charge is -2.31. The number of para-hydroxylation sites is 1. The Morgan fingerprint density at radius 2 is 2.10 bits per heavy atom. The Morgan fingerprint density at radius 3 is 2.95 bits per heavy atom. The molecule has 1 unspecified atom stereocenters. The second-order valence-electron chi connectivity index (χ2n) is 5.84. The summed E-state index contributed by atoms with van der Waals surface area (Å²) < 4.78 is 0. The van der Waals surface area contributed by atoms with E-state index in [1.54, 1.807) is 0 Å². The second-order valence-corrected chi connectivity index (χ2v) is 6.87. The number of fused-ring (bicyclic) bond motifs is 1. The topological polar surface area (TPSA) is 15.3 Å². The van der Waals surface area contributed by atoms with Gasteiger partial charge in [-0.3, -0.25) is 0 Å². The van der Waals surface area contributed by atoms with Gasteiger partial charge < -0.3 is 10.2 Å². The fourth-order valence-electron chi connectivity index (χ4n) is 3.11. The largest absolute Gasteiger partial charge is 0.367 e. The third kappa shape index (κ3) is 3.66.